The molecule has 0 unspecified atom stereocenters. The van der Waals surface area contributed by atoms with Gasteiger partial charge in [0.15, 0.2) is 0 Å². The number of nitrogens with zero attached hydrogens (tertiary/aromatic N) is 4. The Balaban J connectivity index is 1.67. The Bertz CT molecular complexity index is 1250. The number of carbonyl (C=O) groups excluding carboxylic acids is 2. The van der Waals surface area contributed by atoms with Crippen LogP contribution in [0.25, 0.3) is 11.0 Å². The zero-order valence-electron chi connectivity index (χ0n) is 21.2. The molecule has 0 saturated heterocycles. The van der Waals surface area contributed by atoms with Crippen LogP contribution >= 0.6 is 0 Å². The van der Waals surface area contributed by atoms with Gasteiger partial charge in [-0.05, 0) is 51.8 Å². The van der Waals surface area contributed by atoms with E-state index < -0.39 is 11.6 Å². The number of hydrogen-bond acceptors (Lipinski definition) is 7. The van der Waals surface area contributed by atoms with Gasteiger partial charge < -0.3 is 24.3 Å². The fourth-order valence-corrected chi connectivity index (χ4v) is 4.39. The second kappa shape index (κ2) is 9.56. The molecule has 9 heteroatoms. The fourth-order valence-electron chi connectivity index (χ4n) is 4.39. The van der Waals surface area contributed by atoms with Crippen molar-refractivity contribution in [3.05, 3.63) is 41.7 Å². The molecule has 1 N–H and O–H groups in total. The molecule has 186 valence electrons. The first kappa shape index (κ1) is 24.5. The summed E-state index contributed by atoms with van der Waals surface area (Å²) < 4.78 is 13.0. The molecule has 2 heterocycles. The maximum atomic E-state index is 12.9. The summed E-state index contributed by atoms with van der Waals surface area (Å²) in [7, 11) is 5.02. The Kier molecular flexibility index (Phi) is 6.69. The summed E-state index contributed by atoms with van der Waals surface area (Å²) in [4.78, 5) is 36.3. The third-order valence-electron chi connectivity index (χ3n) is 5.97. The molecule has 0 atom stereocenters. The lowest BCUT2D eigenvalue weighted by molar-refractivity contribution is 0.00664. The summed E-state index contributed by atoms with van der Waals surface area (Å²) in [5.41, 5.74) is 1.76. The van der Waals surface area contributed by atoms with Crippen LogP contribution in [0.2, 0.25) is 0 Å². The number of esters is 1. The molecule has 1 amide bonds. The van der Waals surface area contributed by atoms with Crippen molar-refractivity contribution >= 4 is 34.5 Å². The zero-order valence-corrected chi connectivity index (χ0v) is 21.2. The van der Waals surface area contributed by atoms with Gasteiger partial charge in [-0.15, -0.1) is 0 Å². The van der Waals surface area contributed by atoms with E-state index >= 15 is 0 Å². The number of nitrogens with one attached hydrogen (secondary N) is 1. The highest BCUT2D eigenvalue weighted by atomic mass is 16.6. The van der Waals surface area contributed by atoms with Crippen LogP contribution in [0.3, 0.4) is 0 Å². The van der Waals surface area contributed by atoms with Gasteiger partial charge in [0, 0.05) is 43.5 Å². The van der Waals surface area contributed by atoms with Crippen molar-refractivity contribution in [2.24, 2.45) is 0 Å². The van der Waals surface area contributed by atoms with E-state index in [1.165, 1.54) is 7.11 Å². The maximum absolute atomic E-state index is 12.9. The molecule has 4 rings (SSSR count). The Morgan fingerprint density at radius 3 is 2.49 bits per heavy atom. The molecular weight excluding hydrogens is 446 g/mol. The Hall–Kier alpha value is -3.62. The highest BCUT2D eigenvalue weighted by Crippen LogP contribution is 2.35. The van der Waals surface area contributed by atoms with E-state index in [1.54, 1.807) is 43.4 Å². The average Bonchev–Trinajstić information content (AvgIpc) is 3.44. The van der Waals surface area contributed by atoms with Crippen LogP contribution < -0.4 is 10.1 Å². The van der Waals surface area contributed by atoms with Gasteiger partial charge in [0.1, 0.15) is 28.3 Å². The molecular formula is C26H33N5O4. The third kappa shape index (κ3) is 5.23. The van der Waals surface area contributed by atoms with E-state index in [0.717, 1.165) is 36.7 Å². The number of rotatable bonds is 6. The predicted octanol–water partition coefficient (Wildman–Crippen LogP) is 4.96. The molecule has 0 radical (unpaired) electrons. The first-order valence-electron chi connectivity index (χ1n) is 11.9. The van der Waals surface area contributed by atoms with Crippen molar-refractivity contribution in [1.29, 1.82) is 0 Å². The lowest BCUT2D eigenvalue weighted by Gasteiger charge is -2.20. The molecule has 1 aliphatic carbocycles. The van der Waals surface area contributed by atoms with Crippen LogP contribution in [0.15, 0.2) is 30.5 Å². The average molecular weight is 480 g/mol. The highest BCUT2D eigenvalue weighted by Gasteiger charge is 2.27. The Morgan fingerprint density at radius 1 is 1.14 bits per heavy atom. The molecule has 0 aliphatic heterocycles. The molecule has 0 bridgehead atoms. The van der Waals surface area contributed by atoms with E-state index in [1.807, 2.05) is 26.8 Å². The fraction of sp³-hybridized carbons (Fsp3) is 0.462. The van der Waals surface area contributed by atoms with Gasteiger partial charge in [-0.3, -0.25) is 4.79 Å². The quantitative estimate of drug-likeness (QED) is 0.499. The minimum Gasteiger partial charge on any atom is -0.496 e. The van der Waals surface area contributed by atoms with Gasteiger partial charge in [0.2, 0.25) is 5.95 Å². The van der Waals surface area contributed by atoms with E-state index in [9.17, 15) is 9.59 Å². The molecule has 3 aromatic rings. The largest absolute Gasteiger partial charge is 0.496 e. The maximum Gasteiger partial charge on any atom is 0.342 e. The standard InChI is InChI=1S/C26H33N5O4/c1-26(2,3)35-24(33)19-12-11-17(14-21(19)34-6)28-25-27-15-16-13-20(23(32)30(4)5)31(22(16)29-25)18-9-7-8-10-18/h11-15,18H,7-10H2,1-6H3,(H,27,28,29). The summed E-state index contributed by atoms with van der Waals surface area (Å²) in [5, 5.41) is 4.03. The Morgan fingerprint density at radius 2 is 1.86 bits per heavy atom. The summed E-state index contributed by atoms with van der Waals surface area (Å²) in [5.74, 6) is 0.280. The van der Waals surface area contributed by atoms with Crippen LogP contribution in [-0.4, -0.2) is 58.1 Å². The molecule has 2 aromatic heterocycles. The second-order valence-electron chi connectivity index (χ2n) is 10.1. The van der Waals surface area contributed by atoms with E-state index in [2.05, 4.69) is 14.9 Å². The van der Waals surface area contributed by atoms with Crippen LogP contribution in [-0.2, 0) is 4.74 Å². The molecule has 1 saturated carbocycles. The number of ether oxygens (including phenoxy) is 2. The number of carbonyl (C=O) groups is 2. The molecule has 0 spiro atoms. The summed E-state index contributed by atoms with van der Waals surface area (Å²) in [6, 6.07) is 7.24. The molecule has 1 aromatic carbocycles. The van der Waals surface area contributed by atoms with Gasteiger partial charge in [0.05, 0.1) is 7.11 Å². The Labute approximate surface area is 205 Å². The van der Waals surface area contributed by atoms with Gasteiger partial charge in [0.25, 0.3) is 5.91 Å². The normalized spacial score (nSPS) is 14.2. The van der Waals surface area contributed by atoms with Crippen molar-refractivity contribution in [2.45, 2.75) is 58.1 Å². The number of amides is 1. The zero-order chi connectivity index (χ0) is 25.3. The molecule has 1 aliphatic rings. The molecule has 9 nitrogen and oxygen atoms in total. The smallest absolute Gasteiger partial charge is 0.342 e. The van der Waals surface area contributed by atoms with Crippen molar-refractivity contribution in [3.8, 4) is 5.75 Å². The van der Waals surface area contributed by atoms with E-state index in [0.29, 0.717) is 28.6 Å². The first-order chi connectivity index (χ1) is 16.6. The number of hydrogen-bond donors (Lipinski definition) is 1. The SMILES string of the molecule is COc1cc(Nc2ncc3cc(C(=O)N(C)C)n(C4CCCC4)c3n2)ccc1C(=O)OC(C)(C)C. The van der Waals surface area contributed by atoms with Gasteiger partial charge in [-0.25, -0.2) is 9.78 Å². The van der Waals surface area contributed by atoms with Crippen LogP contribution in [0, 0.1) is 0 Å². The number of anilines is 2. The van der Waals surface area contributed by atoms with Crippen molar-refractivity contribution in [2.75, 3.05) is 26.5 Å². The van der Waals surface area contributed by atoms with Crippen molar-refractivity contribution < 1.29 is 19.1 Å². The lowest BCUT2D eigenvalue weighted by atomic mass is 10.1. The van der Waals surface area contributed by atoms with Crippen LogP contribution in [0.1, 0.15) is 73.3 Å². The monoisotopic (exact) mass is 479 g/mol. The first-order valence-corrected chi connectivity index (χ1v) is 11.9. The van der Waals surface area contributed by atoms with Gasteiger partial charge in [-0.2, -0.15) is 4.98 Å². The van der Waals surface area contributed by atoms with E-state index in [-0.39, 0.29) is 11.9 Å². The van der Waals surface area contributed by atoms with Gasteiger partial charge in [-0.1, -0.05) is 12.8 Å². The number of aromatic nitrogens is 3. The minimum absolute atomic E-state index is 0.0492. The van der Waals surface area contributed by atoms with Crippen molar-refractivity contribution in [1.82, 2.24) is 19.4 Å². The van der Waals surface area contributed by atoms with E-state index in [4.69, 9.17) is 14.5 Å². The summed E-state index contributed by atoms with van der Waals surface area (Å²) in [6.07, 6.45) is 6.05. The number of methoxy groups -OCH3 is 1. The predicted molar refractivity (Wildman–Crippen MR) is 134 cm³/mol. The number of fused-ring (bicyclic) bond motifs is 1. The number of benzene rings is 1. The highest BCUT2D eigenvalue weighted by molar-refractivity contribution is 5.98. The van der Waals surface area contributed by atoms with Crippen LogP contribution in [0.5, 0.6) is 5.75 Å². The van der Waals surface area contributed by atoms with Gasteiger partial charge >= 0.3 is 5.97 Å². The minimum atomic E-state index is -0.608. The lowest BCUT2D eigenvalue weighted by Crippen LogP contribution is -2.25. The summed E-state index contributed by atoms with van der Waals surface area (Å²) >= 11 is 0. The second-order valence-corrected chi connectivity index (χ2v) is 10.1. The molecule has 35 heavy (non-hydrogen) atoms. The third-order valence-corrected chi connectivity index (χ3v) is 5.97. The topological polar surface area (TPSA) is 98.6 Å². The van der Waals surface area contributed by atoms with Crippen molar-refractivity contribution in [3.63, 3.8) is 0 Å². The molecule has 1 fully saturated rings. The summed E-state index contributed by atoms with van der Waals surface area (Å²) in [6.45, 7) is 5.46. The van der Waals surface area contributed by atoms with Crippen LogP contribution in [0.4, 0.5) is 11.6 Å².